The first-order valence-corrected chi connectivity index (χ1v) is 26.2. The van der Waals surface area contributed by atoms with Gasteiger partial charge in [0.15, 0.2) is 40.6 Å². The van der Waals surface area contributed by atoms with Crippen LogP contribution in [0.2, 0.25) is 0 Å². The number of hydrogen-bond acceptors (Lipinski definition) is 7. The van der Waals surface area contributed by atoms with E-state index in [1.54, 1.807) is 12.1 Å². The van der Waals surface area contributed by atoms with Crippen molar-refractivity contribution in [2.75, 3.05) is 0 Å². The Kier molecular flexibility index (Phi) is 11.8. The number of halogens is 3. The van der Waals surface area contributed by atoms with Crippen LogP contribution in [-0.2, 0) is 6.18 Å². The van der Waals surface area contributed by atoms with Crippen molar-refractivity contribution >= 4 is 49.3 Å². The summed E-state index contributed by atoms with van der Waals surface area (Å²) in [7, 11) is 0. The summed E-state index contributed by atoms with van der Waals surface area (Å²) in [5.41, 5.74) is 8.34. The third-order valence-electron chi connectivity index (χ3n) is 14.7. The summed E-state index contributed by atoms with van der Waals surface area (Å²) in [6, 6.07) is 75.7. The van der Waals surface area contributed by atoms with E-state index in [1.165, 1.54) is 6.07 Å². The van der Waals surface area contributed by atoms with E-state index in [0.717, 1.165) is 78.0 Å². The summed E-state index contributed by atoms with van der Waals surface area (Å²) in [5, 5.41) is 14.4. The van der Waals surface area contributed by atoms with Gasteiger partial charge in [0.2, 0.25) is 0 Å². The van der Waals surface area contributed by atoms with E-state index in [0.29, 0.717) is 63.0 Å². The molecule has 0 saturated heterocycles. The lowest BCUT2D eigenvalue weighted by atomic mass is 9.95. The highest BCUT2D eigenvalue weighted by Gasteiger charge is 2.32. The van der Waals surface area contributed by atoms with E-state index in [-0.39, 0.29) is 16.8 Å². The van der Waals surface area contributed by atoms with E-state index in [4.69, 9.17) is 36.5 Å². The molecule has 4 heterocycles. The van der Waals surface area contributed by atoms with Gasteiger partial charge in [-0.05, 0) is 72.3 Å². The number of nitrogens with zero attached hydrogens (tertiary/aromatic N) is 10. The molecule has 0 unspecified atom stereocenters. The number of hydrogen-bond donors (Lipinski definition) is 0. The van der Waals surface area contributed by atoms with Crippen molar-refractivity contribution < 1.29 is 13.2 Å². The average molecular weight is 1070 g/mol. The lowest BCUT2D eigenvalue weighted by Gasteiger charge is -2.22. The fourth-order valence-corrected chi connectivity index (χ4v) is 10.9. The molecule has 0 amide bonds. The highest BCUT2D eigenvalue weighted by molar-refractivity contribution is 6.13. The summed E-state index contributed by atoms with van der Waals surface area (Å²) in [6.45, 7) is 8.48. The van der Waals surface area contributed by atoms with Gasteiger partial charge in [-0.15, -0.1) is 0 Å². The first-order valence-electron chi connectivity index (χ1n) is 26.2. The predicted octanol–water partition coefficient (Wildman–Crippen LogP) is 17.4. The molecule has 0 fully saturated rings. The molecule has 0 radical (unpaired) electrons. The normalized spacial score (nSPS) is 11.6. The Labute approximate surface area is 466 Å². The van der Waals surface area contributed by atoms with Gasteiger partial charge in [-0.25, -0.2) is 34.7 Å². The van der Waals surface area contributed by atoms with Gasteiger partial charge in [0.25, 0.3) is 0 Å². The Morgan fingerprint density at radius 1 is 0.378 bits per heavy atom. The monoisotopic (exact) mass is 1060 g/mol. The second-order valence-corrected chi connectivity index (χ2v) is 19.6. The predicted molar refractivity (Wildman–Crippen MR) is 316 cm³/mol. The summed E-state index contributed by atoms with van der Waals surface area (Å²) in [6.07, 6.45) is -4.73. The number of para-hydroxylation sites is 2. The van der Waals surface area contributed by atoms with Crippen molar-refractivity contribution in [3.8, 4) is 96.9 Å². The molecule has 0 bridgehead atoms. The fraction of sp³-hybridized carbons (Fsp3) is 0.0145. The maximum absolute atomic E-state index is 14.6. The number of fused-ring (bicyclic) bond motifs is 6. The number of nitriles is 1. The first-order chi connectivity index (χ1) is 40.2. The van der Waals surface area contributed by atoms with Crippen LogP contribution in [0, 0.1) is 17.9 Å². The van der Waals surface area contributed by atoms with Gasteiger partial charge >= 0.3 is 6.18 Å². The van der Waals surface area contributed by atoms with Crippen LogP contribution in [0.5, 0.6) is 0 Å². The van der Waals surface area contributed by atoms with Gasteiger partial charge in [0.1, 0.15) is 0 Å². The molecule has 10 aromatic carbocycles. The maximum Gasteiger partial charge on any atom is 0.415 e. The third-order valence-corrected chi connectivity index (χ3v) is 14.7. The minimum absolute atomic E-state index is 0.218. The second kappa shape index (κ2) is 19.8. The van der Waals surface area contributed by atoms with Gasteiger partial charge in [-0.2, -0.15) is 18.4 Å². The second-order valence-electron chi connectivity index (χ2n) is 19.6. The van der Waals surface area contributed by atoms with Crippen LogP contribution in [0.25, 0.3) is 139 Å². The quantitative estimate of drug-likeness (QED) is 0.132. The molecule has 4 aromatic heterocycles. The molecule has 10 nitrogen and oxygen atoms in total. The van der Waals surface area contributed by atoms with Crippen LogP contribution in [-0.4, -0.2) is 39.0 Å². The lowest BCUT2D eigenvalue weighted by Crippen LogP contribution is -2.07. The smallest absolute Gasteiger partial charge is 0.309 e. The number of aromatic nitrogens is 8. The van der Waals surface area contributed by atoms with Gasteiger partial charge in [-0.1, -0.05) is 170 Å². The van der Waals surface area contributed by atoms with Crippen molar-refractivity contribution in [1.29, 1.82) is 5.26 Å². The molecule has 0 atom stereocenters. The molecule has 0 aliphatic heterocycles. The van der Waals surface area contributed by atoms with Crippen LogP contribution in [0.3, 0.4) is 0 Å². The molecule has 0 N–H and O–H groups in total. The summed E-state index contributed by atoms with van der Waals surface area (Å²) < 4.78 is 47.9. The zero-order chi connectivity index (χ0) is 55.5. The van der Waals surface area contributed by atoms with E-state index in [1.807, 2.05) is 215 Å². The molecule has 0 spiro atoms. The van der Waals surface area contributed by atoms with Crippen LogP contribution in [0.4, 0.5) is 18.9 Å². The SMILES string of the molecule is [C-]#[N+]c1cc(C(F)(F)F)ccc1-c1c(-n2c3ccccc3c3cc(-c4nc(-c5ccccc5)nc(-c5ccccc5)n4)ccc32)cc(C#N)cc1-n1c2ccccc2c2cc(-c3nc(-c4ccccc4)nc(-c4ccccc4)n3)ccc21. The Morgan fingerprint density at radius 2 is 0.732 bits per heavy atom. The minimum Gasteiger partial charge on any atom is -0.309 e. The Morgan fingerprint density at radius 3 is 1.10 bits per heavy atom. The summed E-state index contributed by atoms with van der Waals surface area (Å²) >= 11 is 0. The molecule has 14 rings (SSSR count). The summed E-state index contributed by atoms with van der Waals surface area (Å²) in [4.78, 5) is 33.7. The largest absolute Gasteiger partial charge is 0.415 e. The van der Waals surface area contributed by atoms with Gasteiger partial charge < -0.3 is 9.13 Å². The minimum atomic E-state index is -4.73. The highest BCUT2D eigenvalue weighted by atomic mass is 19.4. The average Bonchev–Trinajstić information content (AvgIpc) is 4.10. The Bertz CT molecular complexity index is 4550. The third kappa shape index (κ3) is 8.54. The van der Waals surface area contributed by atoms with Crippen molar-refractivity contribution in [3.63, 3.8) is 0 Å². The summed E-state index contributed by atoms with van der Waals surface area (Å²) in [5.74, 6) is 2.92. The number of benzene rings is 10. The van der Waals surface area contributed by atoms with Crippen molar-refractivity contribution in [2.24, 2.45) is 0 Å². The van der Waals surface area contributed by atoms with Crippen LogP contribution >= 0.6 is 0 Å². The van der Waals surface area contributed by atoms with E-state index in [9.17, 15) is 18.4 Å². The molecule has 14 aromatic rings. The molecular weight excluding hydrogens is 1030 g/mol. The Hall–Kier alpha value is -11.4. The van der Waals surface area contributed by atoms with Crippen molar-refractivity contribution in [1.82, 2.24) is 39.0 Å². The Balaban J connectivity index is 1.02. The maximum atomic E-state index is 14.6. The fourth-order valence-electron chi connectivity index (χ4n) is 10.9. The van der Waals surface area contributed by atoms with E-state index in [2.05, 4.69) is 10.9 Å². The topological polar surface area (TPSA) is 115 Å². The van der Waals surface area contributed by atoms with Crippen molar-refractivity contribution in [2.45, 2.75) is 6.18 Å². The molecule has 0 aliphatic carbocycles. The first kappa shape index (κ1) is 48.9. The zero-order valence-electron chi connectivity index (χ0n) is 43.1. The van der Waals surface area contributed by atoms with Crippen LogP contribution in [0.1, 0.15) is 11.1 Å². The lowest BCUT2D eigenvalue weighted by molar-refractivity contribution is -0.137. The van der Waals surface area contributed by atoms with Gasteiger partial charge in [0, 0.05) is 66.1 Å². The standard InChI is InChI=1S/C69H39F3N10/c1-74-55-40-49(69(70,71)72)32-33-52(55)62-60(81-56-28-16-14-26-50(56)53-38-47(30-34-58(53)81)67-77-63(43-18-6-2-7-19-43)75-64(78-67)44-20-8-3-9-21-44)36-42(41-73)37-61(62)82-57-29-17-15-27-51(57)54-39-48(31-35-59(54)82)68-79-65(45-22-10-4-11-23-45)76-66(80-68)46-24-12-5-13-25-46/h2-40H. The molecule has 13 heteroatoms. The number of alkyl halides is 3. The molecule has 0 saturated carbocycles. The molecular formula is C69H39F3N10. The molecule has 0 aliphatic rings. The van der Waals surface area contributed by atoms with Crippen LogP contribution < -0.4 is 0 Å². The van der Waals surface area contributed by atoms with Gasteiger partial charge in [0.05, 0.1) is 51.6 Å². The molecule has 386 valence electrons. The zero-order valence-corrected chi connectivity index (χ0v) is 43.1. The number of rotatable bonds is 9. The molecule has 82 heavy (non-hydrogen) atoms. The van der Waals surface area contributed by atoms with E-state index >= 15 is 0 Å². The van der Waals surface area contributed by atoms with Gasteiger partial charge in [-0.3, -0.25) is 0 Å². The van der Waals surface area contributed by atoms with E-state index < -0.39 is 11.7 Å². The van der Waals surface area contributed by atoms with Crippen LogP contribution in [0.15, 0.2) is 237 Å². The highest BCUT2D eigenvalue weighted by Crippen LogP contribution is 2.47. The van der Waals surface area contributed by atoms with Crippen molar-refractivity contribution in [3.05, 3.63) is 259 Å².